The van der Waals surface area contributed by atoms with Crippen molar-refractivity contribution in [2.45, 2.75) is 58.7 Å². The highest BCUT2D eigenvalue weighted by atomic mass is 16.5. The third kappa shape index (κ3) is 7.86. The summed E-state index contributed by atoms with van der Waals surface area (Å²) in [7, 11) is 1.69. The first-order valence-corrected chi connectivity index (χ1v) is 13.7. The summed E-state index contributed by atoms with van der Waals surface area (Å²) >= 11 is 0. The average Bonchev–Trinajstić information content (AvgIpc) is 2.91. The number of carbonyl (C=O) groups is 1. The summed E-state index contributed by atoms with van der Waals surface area (Å²) in [5.41, 5.74) is 2.15. The number of benzene rings is 2. The molecular weight excluding hydrogens is 468 g/mol. The van der Waals surface area contributed by atoms with Crippen molar-refractivity contribution in [1.82, 2.24) is 9.80 Å². The van der Waals surface area contributed by atoms with Gasteiger partial charge in [-0.1, -0.05) is 38.1 Å². The van der Waals surface area contributed by atoms with Gasteiger partial charge in [-0.3, -0.25) is 9.69 Å². The monoisotopic (exact) mass is 510 g/mol. The van der Waals surface area contributed by atoms with E-state index in [1.165, 1.54) is 6.42 Å². The van der Waals surface area contributed by atoms with Gasteiger partial charge in [0, 0.05) is 38.3 Å². The lowest BCUT2D eigenvalue weighted by Gasteiger charge is -2.35. The molecule has 2 aromatic rings. The second-order valence-electron chi connectivity index (χ2n) is 10.4. The Kier molecular flexibility index (Phi) is 10.1. The van der Waals surface area contributed by atoms with Crippen LogP contribution in [0.1, 0.15) is 50.7 Å². The van der Waals surface area contributed by atoms with Crippen molar-refractivity contribution in [1.29, 1.82) is 0 Å². The minimum atomic E-state index is -0.488. The van der Waals surface area contributed by atoms with Crippen LogP contribution in [0.15, 0.2) is 42.5 Å². The fourth-order valence-electron chi connectivity index (χ4n) is 4.97. The highest BCUT2D eigenvalue weighted by Gasteiger charge is 2.31. The standard InChI is InChI=1S/C30H42N2O5/c1-23(2)19-32(20-24-12-13-27-28(18-24)36-16-9-5-4-8-15-35-27)30(33)29-22-31(14-17-37-29)21-25-10-6-7-11-26(25)34-3/h6-7,10-13,18,23,29H,4-5,8-9,14-17,19-22H2,1-3H3. The largest absolute Gasteiger partial charge is 0.496 e. The van der Waals surface area contributed by atoms with Crippen LogP contribution < -0.4 is 14.2 Å². The van der Waals surface area contributed by atoms with Gasteiger partial charge in [0.25, 0.3) is 5.91 Å². The van der Waals surface area contributed by atoms with Crippen LogP contribution >= 0.6 is 0 Å². The fraction of sp³-hybridized carbons (Fsp3) is 0.567. The first-order valence-electron chi connectivity index (χ1n) is 13.7. The Bertz CT molecular complexity index is 1010. The smallest absolute Gasteiger partial charge is 0.253 e. The quantitative estimate of drug-likeness (QED) is 0.503. The lowest BCUT2D eigenvalue weighted by atomic mass is 10.1. The number of para-hydroxylation sites is 1. The van der Waals surface area contributed by atoms with E-state index in [4.69, 9.17) is 18.9 Å². The van der Waals surface area contributed by atoms with Crippen LogP contribution in [0.25, 0.3) is 0 Å². The molecule has 7 nitrogen and oxygen atoms in total. The SMILES string of the molecule is COc1ccccc1CN1CCOC(C(=O)N(Cc2ccc3c(c2)OCCCCCCO3)CC(C)C)C1. The zero-order chi connectivity index (χ0) is 26.0. The van der Waals surface area contributed by atoms with E-state index in [9.17, 15) is 4.79 Å². The summed E-state index contributed by atoms with van der Waals surface area (Å²) in [6, 6.07) is 14.1. The van der Waals surface area contributed by atoms with Crippen LogP contribution in [-0.2, 0) is 22.6 Å². The van der Waals surface area contributed by atoms with Gasteiger partial charge in [0.15, 0.2) is 11.5 Å². The third-order valence-electron chi connectivity index (χ3n) is 6.85. The van der Waals surface area contributed by atoms with Crippen LogP contribution in [-0.4, -0.2) is 68.4 Å². The van der Waals surface area contributed by atoms with Gasteiger partial charge in [-0.2, -0.15) is 0 Å². The molecule has 0 spiro atoms. The van der Waals surface area contributed by atoms with Crippen molar-refractivity contribution in [2.24, 2.45) is 5.92 Å². The topological polar surface area (TPSA) is 60.5 Å². The molecule has 0 saturated carbocycles. The minimum Gasteiger partial charge on any atom is -0.496 e. The van der Waals surface area contributed by atoms with E-state index in [1.807, 2.05) is 41.3 Å². The Morgan fingerprint density at radius 3 is 2.54 bits per heavy atom. The van der Waals surface area contributed by atoms with Crippen molar-refractivity contribution in [3.8, 4) is 17.2 Å². The molecular formula is C30H42N2O5. The number of methoxy groups -OCH3 is 1. The predicted molar refractivity (Wildman–Crippen MR) is 144 cm³/mol. The van der Waals surface area contributed by atoms with E-state index < -0.39 is 6.10 Å². The number of hydrogen-bond donors (Lipinski definition) is 0. The van der Waals surface area contributed by atoms with E-state index in [0.29, 0.717) is 45.4 Å². The zero-order valence-corrected chi connectivity index (χ0v) is 22.6. The van der Waals surface area contributed by atoms with E-state index in [1.54, 1.807) is 7.11 Å². The Morgan fingerprint density at radius 2 is 1.78 bits per heavy atom. The van der Waals surface area contributed by atoms with Gasteiger partial charge in [0.1, 0.15) is 11.9 Å². The maximum absolute atomic E-state index is 13.7. The zero-order valence-electron chi connectivity index (χ0n) is 22.6. The number of fused-ring (bicyclic) bond motifs is 1. The van der Waals surface area contributed by atoms with E-state index in [0.717, 1.165) is 60.7 Å². The molecule has 4 rings (SSSR count). The molecule has 37 heavy (non-hydrogen) atoms. The van der Waals surface area contributed by atoms with Crippen LogP contribution in [0.5, 0.6) is 17.2 Å². The van der Waals surface area contributed by atoms with Gasteiger partial charge in [0.05, 0.1) is 26.9 Å². The lowest BCUT2D eigenvalue weighted by Crippen LogP contribution is -2.51. The third-order valence-corrected chi connectivity index (χ3v) is 6.85. The molecule has 1 amide bonds. The molecule has 7 heteroatoms. The number of ether oxygens (including phenoxy) is 4. The second kappa shape index (κ2) is 13.7. The van der Waals surface area contributed by atoms with Crippen LogP contribution in [0, 0.1) is 5.92 Å². The summed E-state index contributed by atoms with van der Waals surface area (Å²) < 4.78 is 23.6. The summed E-state index contributed by atoms with van der Waals surface area (Å²) in [6.07, 6.45) is 3.95. The Labute approximate surface area is 221 Å². The van der Waals surface area contributed by atoms with Crippen molar-refractivity contribution in [2.75, 3.05) is 46.6 Å². The molecule has 0 bridgehead atoms. The van der Waals surface area contributed by atoms with E-state index in [-0.39, 0.29) is 5.91 Å². The number of morpholine rings is 1. The highest BCUT2D eigenvalue weighted by Crippen LogP contribution is 2.30. The van der Waals surface area contributed by atoms with Crippen molar-refractivity contribution in [3.63, 3.8) is 0 Å². The van der Waals surface area contributed by atoms with Gasteiger partial charge in [-0.15, -0.1) is 0 Å². The first kappa shape index (κ1) is 27.3. The number of nitrogens with zero attached hydrogens (tertiary/aromatic N) is 2. The molecule has 0 radical (unpaired) electrons. The molecule has 2 aromatic carbocycles. The van der Waals surface area contributed by atoms with Crippen LogP contribution in [0.3, 0.4) is 0 Å². The maximum Gasteiger partial charge on any atom is 0.253 e. The minimum absolute atomic E-state index is 0.0376. The Balaban J connectivity index is 1.45. The maximum atomic E-state index is 13.7. The molecule has 2 aliphatic rings. The average molecular weight is 511 g/mol. The fourth-order valence-corrected chi connectivity index (χ4v) is 4.97. The molecule has 0 aliphatic carbocycles. The normalized spacial score (nSPS) is 18.9. The van der Waals surface area contributed by atoms with Crippen molar-refractivity contribution in [3.05, 3.63) is 53.6 Å². The molecule has 1 fully saturated rings. The van der Waals surface area contributed by atoms with Gasteiger partial charge in [0.2, 0.25) is 0 Å². The van der Waals surface area contributed by atoms with Gasteiger partial charge < -0.3 is 23.8 Å². The lowest BCUT2D eigenvalue weighted by molar-refractivity contribution is -0.151. The van der Waals surface area contributed by atoms with Crippen molar-refractivity contribution >= 4 is 5.91 Å². The summed E-state index contributed by atoms with van der Waals surface area (Å²) in [5.74, 6) is 2.81. The Morgan fingerprint density at radius 1 is 1.03 bits per heavy atom. The van der Waals surface area contributed by atoms with E-state index in [2.05, 4.69) is 24.8 Å². The molecule has 1 atom stereocenters. The van der Waals surface area contributed by atoms with Crippen LogP contribution in [0.4, 0.5) is 0 Å². The van der Waals surface area contributed by atoms with E-state index >= 15 is 0 Å². The summed E-state index contributed by atoms with van der Waals surface area (Å²) in [6.45, 7) is 9.46. The molecule has 0 aromatic heterocycles. The molecule has 0 N–H and O–H groups in total. The number of amides is 1. The molecule has 1 unspecified atom stereocenters. The molecule has 1 saturated heterocycles. The van der Waals surface area contributed by atoms with Gasteiger partial charge >= 0.3 is 0 Å². The van der Waals surface area contributed by atoms with Crippen molar-refractivity contribution < 1.29 is 23.7 Å². The second-order valence-corrected chi connectivity index (χ2v) is 10.4. The first-order chi connectivity index (χ1) is 18.0. The van der Waals surface area contributed by atoms with Gasteiger partial charge in [-0.05, 0) is 55.4 Å². The molecule has 202 valence electrons. The van der Waals surface area contributed by atoms with Crippen LogP contribution in [0.2, 0.25) is 0 Å². The highest BCUT2D eigenvalue weighted by molar-refractivity contribution is 5.81. The Hall–Kier alpha value is -2.77. The summed E-state index contributed by atoms with van der Waals surface area (Å²) in [5, 5.41) is 0. The molecule has 2 aliphatic heterocycles. The predicted octanol–water partition coefficient (Wildman–Crippen LogP) is 4.91. The number of carbonyl (C=O) groups excluding carboxylic acids is 1. The molecule has 2 heterocycles. The van der Waals surface area contributed by atoms with Gasteiger partial charge in [-0.25, -0.2) is 0 Å². The summed E-state index contributed by atoms with van der Waals surface area (Å²) in [4.78, 5) is 17.9. The number of hydrogen-bond acceptors (Lipinski definition) is 6. The number of rotatable bonds is 8.